The maximum Gasteiger partial charge on any atom is 0.227 e. The maximum absolute atomic E-state index is 6.12. The summed E-state index contributed by atoms with van der Waals surface area (Å²) in [5, 5.41) is 0. The monoisotopic (exact) mass is 514 g/mol. The molecule has 40 heavy (non-hydrogen) atoms. The molecule has 0 N–H and O–H groups in total. The minimum atomic E-state index is 0.623. The van der Waals surface area contributed by atoms with Gasteiger partial charge in [0.15, 0.2) is 5.58 Å². The first-order valence-electron chi connectivity index (χ1n) is 13.4. The molecule has 0 atom stereocenters. The van der Waals surface area contributed by atoms with Crippen molar-refractivity contribution < 1.29 is 4.42 Å². The molecule has 3 nitrogen and oxygen atoms in total. The molecule has 0 bridgehead atoms. The number of benzene rings is 6. The van der Waals surface area contributed by atoms with Crippen LogP contribution in [0.2, 0.25) is 0 Å². The summed E-state index contributed by atoms with van der Waals surface area (Å²) in [4.78, 5) is 7.03. The van der Waals surface area contributed by atoms with Crippen LogP contribution in [0.5, 0.6) is 0 Å². The van der Waals surface area contributed by atoms with Crippen molar-refractivity contribution in [3.05, 3.63) is 158 Å². The van der Waals surface area contributed by atoms with Crippen molar-refractivity contribution in [1.29, 1.82) is 0 Å². The highest BCUT2D eigenvalue weighted by Gasteiger charge is 2.15. The Hall–Kier alpha value is -5.41. The number of nitrogens with zero attached hydrogens (tertiary/aromatic N) is 2. The molecule has 0 saturated heterocycles. The lowest BCUT2D eigenvalue weighted by Crippen LogP contribution is -2.09. The van der Waals surface area contributed by atoms with Gasteiger partial charge in [0, 0.05) is 22.6 Å². The minimum Gasteiger partial charge on any atom is -0.436 e. The SMILES string of the molecule is c1ccc(-c2ccc(-c3nc4ccccc4o3)cc2-c2ccc(N(c3ccccc3)c3ccccc3)cc2)cc1. The predicted molar refractivity (Wildman–Crippen MR) is 165 cm³/mol. The van der Waals surface area contributed by atoms with Crippen LogP contribution in [0.25, 0.3) is 44.8 Å². The first kappa shape index (κ1) is 23.7. The quantitative estimate of drug-likeness (QED) is 0.221. The molecule has 190 valence electrons. The van der Waals surface area contributed by atoms with Crippen LogP contribution in [-0.4, -0.2) is 4.98 Å². The largest absolute Gasteiger partial charge is 0.436 e. The van der Waals surface area contributed by atoms with Gasteiger partial charge in [0.25, 0.3) is 0 Å². The van der Waals surface area contributed by atoms with Crippen molar-refractivity contribution in [3.8, 4) is 33.7 Å². The van der Waals surface area contributed by atoms with E-state index in [0.717, 1.165) is 50.4 Å². The molecular formula is C37H26N2O. The molecule has 1 heterocycles. The van der Waals surface area contributed by atoms with Crippen molar-refractivity contribution in [1.82, 2.24) is 4.98 Å². The van der Waals surface area contributed by atoms with E-state index in [2.05, 4.69) is 120 Å². The Kier molecular flexibility index (Phi) is 6.15. The third-order valence-corrected chi connectivity index (χ3v) is 7.11. The lowest BCUT2D eigenvalue weighted by molar-refractivity contribution is 0.620. The fourth-order valence-electron chi connectivity index (χ4n) is 5.17. The van der Waals surface area contributed by atoms with E-state index >= 15 is 0 Å². The van der Waals surface area contributed by atoms with Gasteiger partial charge in [-0.15, -0.1) is 0 Å². The lowest BCUT2D eigenvalue weighted by atomic mass is 9.92. The first-order valence-corrected chi connectivity index (χ1v) is 13.4. The highest BCUT2D eigenvalue weighted by molar-refractivity contribution is 5.88. The van der Waals surface area contributed by atoms with E-state index < -0.39 is 0 Å². The Bertz CT molecular complexity index is 1800. The zero-order valence-electron chi connectivity index (χ0n) is 21.8. The Morgan fingerprint density at radius 1 is 0.425 bits per heavy atom. The second-order valence-corrected chi connectivity index (χ2v) is 9.67. The van der Waals surface area contributed by atoms with E-state index in [1.54, 1.807) is 0 Å². The molecule has 0 aliphatic rings. The van der Waals surface area contributed by atoms with Crippen LogP contribution in [-0.2, 0) is 0 Å². The molecule has 0 aliphatic heterocycles. The summed E-state index contributed by atoms with van der Waals surface area (Å²) >= 11 is 0. The average Bonchev–Trinajstić information content (AvgIpc) is 3.47. The van der Waals surface area contributed by atoms with Crippen LogP contribution < -0.4 is 4.90 Å². The summed E-state index contributed by atoms with van der Waals surface area (Å²) in [5.41, 5.74) is 10.5. The van der Waals surface area contributed by atoms with Gasteiger partial charge in [0.2, 0.25) is 5.89 Å². The molecule has 7 aromatic rings. The molecule has 0 spiro atoms. The van der Waals surface area contributed by atoms with E-state index in [-0.39, 0.29) is 0 Å². The molecule has 1 aromatic heterocycles. The van der Waals surface area contributed by atoms with E-state index in [1.165, 1.54) is 5.56 Å². The Morgan fingerprint density at radius 2 is 0.950 bits per heavy atom. The fraction of sp³-hybridized carbons (Fsp3) is 0. The number of anilines is 3. The fourth-order valence-corrected chi connectivity index (χ4v) is 5.17. The number of aromatic nitrogens is 1. The molecule has 0 saturated carbocycles. The summed E-state index contributed by atoms with van der Waals surface area (Å²) < 4.78 is 6.12. The van der Waals surface area contributed by atoms with Gasteiger partial charge >= 0.3 is 0 Å². The number of oxazole rings is 1. The average molecular weight is 515 g/mol. The van der Waals surface area contributed by atoms with Gasteiger partial charge in [-0.25, -0.2) is 4.98 Å². The van der Waals surface area contributed by atoms with Gasteiger partial charge in [-0.2, -0.15) is 0 Å². The third kappa shape index (κ3) is 4.55. The summed E-state index contributed by atoms with van der Waals surface area (Å²) in [6, 6.07) is 54.6. The number of hydrogen-bond donors (Lipinski definition) is 0. The standard InChI is InChI=1S/C37H26N2O/c1-4-12-27(13-5-1)33-25-22-29(37-38-35-18-10-11-19-36(35)40-37)26-34(33)28-20-23-32(24-21-28)39(30-14-6-2-7-15-30)31-16-8-3-9-17-31/h1-26H. The van der Waals surface area contributed by atoms with Crippen molar-refractivity contribution >= 4 is 28.2 Å². The molecule has 0 radical (unpaired) electrons. The zero-order chi connectivity index (χ0) is 26.7. The highest BCUT2D eigenvalue weighted by atomic mass is 16.3. The normalized spacial score (nSPS) is 11.0. The molecule has 0 unspecified atom stereocenters. The van der Waals surface area contributed by atoms with Gasteiger partial charge in [0.1, 0.15) is 5.52 Å². The van der Waals surface area contributed by atoms with Crippen LogP contribution in [0, 0.1) is 0 Å². The van der Waals surface area contributed by atoms with E-state index in [1.807, 2.05) is 42.5 Å². The van der Waals surface area contributed by atoms with Gasteiger partial charge in [-0.05, 0) is 82.9 Å². The van der Waals surface area contributed by atoms with Crippen LogP contribution in [0.15, 0.2) is 162 Å². The molecule has 6 aromatic carbocycles. The van der Waals surface area contributed by atoms with Gasteiger partial charge < -0.3 is 9.32 Å². The zero-order valence-corrected chi connectivity index (χ0v) is 21.8. The van der Waals surface area contributed by atoms with Gasteiger partial charge in [-0.1, -0.05) is 97.1 Å². The van der Waals surface area contributed by atoms with Crippen LogP contribution in [0.3, 0.4) is 0 Å². The van der Waals surface area contributed by atoms with Crippen molar-refractivity contribution in [2.24, 2.45) is 0 Å². The molecular weight excluding hydrogens is 488 g/mol. The Balaban J connectivity index is 1.34. The Morgan fingerprint density at radius 3 is 1.60 bits per heavy atom. The molecule has 3 heteroatoms. The molecule has 0 aliphatic carbocycles. The van der Waals surface area contributed by atoms with Gasteiger partial charge in [0.05, 0.1) is 0 Å². The second kappa shape index (κ2) is 10.4. The van der Waals surface area contributed by atoms with E-state index in [9.17, 15) is 0 Å². The highest BCUT2D eigenvalue weighted by Crippen LogP contribution is 2.39. The van der Waals surface area contributed by atoms with Crippen LogP contribution >= 0.6 is 0 Å². The predicted octanol–water partition coefficient (Wildman–Crippen LogP) is 10.3. The summed E-state index contributed by atoms with van der Waals surface area (Å²) in [7, 11) is 0. The first-order chi connectivity index (χ1) is 19.8. The second-order valence-electron chi connectivity index (χ2n) is 9.67. The van der Waals surface area contributed by atoms with Crippen LogP contribution in [0.4, 0.5) is 17.1 Å². The van der Waals surface area contributed by atoms with Crippen molar-refractivity contribution in [2.45, 2.75) is 0 Å². The van der Waals surface area contributed by atoms with Crippen molar-refractivity contribution in [2.75, 3.05) is 4.90 Å². The van der Waals surface area contributed by atoms with E-state index in [0.29, 0.717) is 5.89 Å². The smallest absolute Gasteiger partial charge is 0.227 e. The lowest BCUT2D eigenvalue weighted by Gasteiger charge is -2.25. The van der Waals surface area contributed by atoms with E-state index in [4.69, 9.17) is 9.40 Å². The molecule has 0 fully saturated rings. The van der Waals surface area contributed by atoms with Crippen molar-refractivity contribution in [3.63, 3.8) is 0 Å². The minimum absolute atomic E-state index is 0.623. The summed E-state index contributed by atoms with van der Waals surface area (Å²) in [5.74, 6) is 0.623. The third-order valence-electron chi connectivity index (χ3n) is 7.11. The molecule has 7 rings (SSSR count). The number of para-hydroxylation sites is 4. The number of hydrogen-bond acceptors (Lipinski definition) is 3. The van der Waals surface area contributed by atoms with Crippen LogP contribution in [0.1, 0.15) is 0 Å². The number of rotatable bonds is 6. The Labute approximate surface area is 233 Å². The maximum atomic E-state index is 6.12. The van der Waals surface area contributed by atoms with Gasteiger partial charge in [-0.3, -0.25) is 0 Å². The summed E-state index contributed by atoms with van der Waals surface area (Å²) in [6.45, 7) is 0. The number of fused-ring (bicyclic) bond motifs is 1. The molecule has 0 amide bonds. The summed E-state index contributed by atoms with van der Waals surface area (Å²) in [6.07, 6.45) is 0. The topological polar surface area (TPSA) is 29.3 Å².